The monoisotopic (exact) mass is 327 g/mol. The van der Waals surface area contributed by atoms with Gasteiger partial charge in [-0.2, -0.15) is 28.5 Å². The molecule has 4 nitrogen and oxygen atoms in total. The maximum absolute atomic E-state index is 5.54. The number of rotatable bonds is 6. The first kappa shape index (κ1) is 15.7. The highest BCUT2D eigenvalue weighted by molar-refractivity contribution is 7.99. The van der Waals surface area contributed by atoms with Crippen molar-refractivity contribution in [2.24, 2.45) is 0 Å². The molecule has 1 saturated carbocycles. The van der Waals surface area contributed by atoms with Crippen LogP contribution in [0, 0.1) is 0 Å². The van der Waals surface area contributed by atoms with Gasteiger partial charge in [-0.25, -0.2) is 0 Å². The van der Waals surface area contributed by atoms with Crippen LogP contribution >= 0.6 is 23.5 Å². The van der Waals surface area contributed by atoms with E-state index in [0.29, 0.717) is 12.0 Å². The van der Waals surface area contributed by atoms with E-state index in [2.05, 4.69) is 22.4 Å². The highest BCUT2D eigenvalue weighted by atomic mass is 32.2. The molecule has 1 saturated heterocycles. The molecule has 3 rings (SSSR count). The fourth-order valence-electron chi connectivity index (χ4n) is 3.16. The molecule has 6 heteroatoms. The summed E-state index contributed by atoms with van der Waals surface area (Å²) in [4.78, 5) is 4.66. The molecule has 1 N–H and O–H groups in total. The van der Waals surface area contributed by atoms with Gasteiger partial charge in [0.25, 0.3) is 0 Å². The number of hydrogen-bond acceptors (Lipinski definition) is 6. The zero-order chi connectivity index (χ0) is 14.5. The van der Waals surface area contributed by atoms with Gasteiger partial charge in [-0.15, -0.1) is 0 Å². The van der Waals surface area contributed by atoms with Crippen LogP contribution in [0.2, 0.25) is 0 Å². The molecule has 2 atom stereocenters. The Labute approximate surface area is 135 Å². The maximum atomic E-state index is 5.54. The molecule has 1 aliphatic heterocycles. The van der Waals surface area contributed by atoms with E-state index in [-0.39, 0.29) is 0 Å². The summed E-state index contributed by atoms with van der Waals surface area (Å²) in [7, 11) is 0. The van der Waals surface area contributed by atoms with Crippen LogP contribution < -0.4 is 5.32 Å². The van der Waals surface area contributed by atoms with E-state index in [1.807, 2.05) is 23.5 Å². The van der Waals surface area contributed by atoms with E-state index in [4.69, 9.17) is 4.52 Å². The molecule has 118 valence electrons. The fraction of sp³-hybridized carbons (Fsp3) is 0.867. The van der Waals surface area contributed by atoms with Crippen molar-refractivity contribution < 1.29 is 4.52 Å². The van der Waals surface area contributed by atoms with Crippen LogP contribution in [0.5, 0.6) is 0 Å². The number of nitrogens with zero attached hydrogens (tertiary/aromatic N) is 2. The van der Waals surface area contributed by atoms with Crippen LogP contribution in [-0.2, 0) is 5.75 Å². The topological polar surface area (TPSA) is 51.0 Å². The van der Waals surface area contributed by atoms with Crippen molar-refractivity contribution in [3.8, 4) is 0 Å². The maximum Gasteiger partial charge on any atom is 0.232 e. The predicted octanol–water partition coefficient (Wildman–Crippen LogP) is 3.44. The Bertz CT molecular complexity index is 434. The number of aromatic nitrogens is 2. The van der Waals surface area contributed by atoms with Crippen molar-refractivity contribution in [2.75, 3.05) is 18.1 Å². The molecule has 0 radical (unpaired) electrons. The molecule has 2 aliphatic rings. The van der Waals surface area contributed by atoms with E-state index >= 15 is 0 Å². The fourth-order valence-corrected chi connectivity index (χ4v) is 5.70. The summed E-state index contributed by atoms with van der Waals surface area (Å²) in [6.45, 7) is 3.15. The summed E-state index contributed by atoms with van der Waals surface area (Å²) < 4.78 is 5.54. The van der Waals surface area contributed by atoms with E-state index in [0.717, 1.165) is 40.8 Å². The Hall–Kier alpha value is -0.200. The largest absolute Gasteiger partial charge is 0.339 e. The van der Waals surface area contributed by atoms with Gasteiger partial charge in [-0.1, -0.05) is 31.3 Å². The molecule has 1 aromatic heterocycles. The molecule has 0 amide bonds. The molecular formula is C15H25N3OS2. The highest BCUT2D eigenvalue weighted by Crippen LogP contribution is 2.33. The zero-order valence-electron chi connectivity index (χ0n) is 12.7. The number of nitrogens with one attached hydrogen (secondary N) is 1. The van der Waals surface area contributed by atoms with Crippen LogP contribution in [0.3, 0.4) is 0 Å². The van der Waals surface area contributed by atoms with Gasteiger partial charge in [0.2, 0.25) is 5.89 Å². The van der Waals surface area contributed by atoms with Crippen LogP contribution in [0.4, 0.5) is 0 Å². The van der Waals surface area contributed by atoms with E-state index < -0.39 is 0 Å². The summed E-state index contributed by atoms with van der Waals surface area (Å²) in [6, 6.07) is 0.485. The number of likely N-dealkylation sites (N-methyl/N-ethyl adjacent to an activating group) is 1. The van der Waals surface area contributed by atoms with Crippen molar-refractivity contribution in [1.82, 2.24) is 15.5 Å². The normalized spacial score (nSPS) is 27.3. The summed E-state index contributed by atoms with van der Waals surface area (Å²) in [5.41, 5.74) is 0. The second kappa shape index (κ2) is 7.88. The quantitative estimate of drug-likeness (QED) is 0.864. The number of hydrogen-bond donors (Lipinski definition) is 1. The Morgan fingerprint density at radius 1 is 1.29 bits per heavy atom. The standard InChI is InChI=1S/C15H25N3OS2/c1-2-16-13-9-20-8-12(13)15-17-14(18-19-15)10-21-11-6-4-3-5-7-11/h11-13,16H,2-10H2,1H3. The van der Waals surface area contributed by atoms with Crippen molar-refractivity contribution in [3.63, 3.8) is 0 Å². The van der Waals surface area contributed by atoms with Gasteiger partial charge < -0.3 is 9.84 Å². The van der Waals surface area contributed by atoms with E-state index in [9.17, 15) is 0 Å². The molecular weight excluding hydrogens is 302 g/mol. The van der Waals surface area contributed by atoms with Gasteiger partial charge in [-0.05, 0) is 19.4 Å². The lowest BCUT2D eigenvalue weighted by atomic mass is 10.0. The summed E-state index contributed by atoms with van der Waals surface area (Å²) in [5.74, 6) is 5.25. The van der Waals surface area contributed by atoms with Gasteiger partial charge >= 0.3 is 0 Å². The lowest BCUT2D eigenvalue weighted by Crippen LogP contribution is -2.34. The van der Waals surface area contributed by atoms with Crippen molar-refractivity contribution in [2.45, 2.75) is 62.0 Å². The van der Waals surface area contributed by atoms with Gasteiger partial charge in [0.05, 0.1) is 11.7 Å². The zero-order valence-corrected chi connectivity index (χ0v) is 14.3. The van der Waals surface area contributed by atoms with E-state index in [1.165, 1.54) is 32.1 Å². The Balaban J connectivity index is 1.53. The van der Waals surface area contributed by atoms with Gasteiger partial charge in [-0.3, -0.25) is 0 Å². The molecule has 1 aromatic rings. The lowest BCUT2D eigenvalue weighted by Gasteiger charge is -2.20. The Morgan fingerprint density at radius 3 is 2.95 bits per heavy atom. The third-order valence-corrected chi connectivity index (χ3v) is 6.91. The highest BCUT2D eigenvalue weighted by Gasteiger charge is 2.32. The number of thioether (sulfide) groups is 2. The second-order valence-corrected chi connectivity index (χ2v) is 8.29. The predicted molar refractivity (Wildman–Crippen MR) is 90.0 cm³/mol. The smallest absolute Gasteiger partial charge is 0.232 e. The van der Waals surface area contributed by atoms with Crippen LogP contribution in [0.25, 0.3) is 0 Å². The summed E-state index contributed by atoms with van der Waals surface area (Å²) in [6.07, 6.45) is 6.90. The minimum atomic E-state index is 0.385. The molecule has 0 spiro atoms. The third kappa shape index (κ3) is 4.17. The van der Waals surface area contributed by atoms with Crippen molar-refractivity contribution in [1.29, 1.82) is 0 Å². The summed E-state index contributed by atoms with van der Waals surface area (Å²) in [5, 5.41) is 8.53. The molecule has 0 aromatic carbocycles. The van der Waals surface area contributed by atoms with Crippen molar-refractivity contribution >= 4 is 23.5 Å². The minimum absolute atomic E-state index is 0.385. The average molecular weight is 328 g/mol. The molecule has 2 fully saturated rings. The molecule has 1 aliphatic carbocycles. The second-order valence-electron chi connectivity index (χ2n) is 5.93. The van der Waals surface area contributed by atoms with Gasteiger partial charge in [0.1, 0.15) is 0 Å². The SMILES string of the molecule is CCNC1CSCC1c1nc(CSC2CCCCC2)no1. The molecule has 21 heavy (non-hydrogen) atoms. The summed E-state index contributed by atoms with van der Waals surface area (Å²) >= 11 is 3.99. The first-order valence-electron chi connectivity index (χ1n) is 8.12. The Kier molecular flexibility index (Phi) is 5.89. The van der Waals surface area contributed by atoms with Crippen LogP contribution in [0.15, 0.2) is 4.52 Å². The van der Waals surface area contributed by atoms with E-state index in [1.54, 1.807) is 0 Å². The minimum Gasteiger partial charge on any atom is -0.339 e. The van der Waals surface area contributed by atoms with Crippen molar-refractivity contribution in [3.05, 3.63) is 11.7 Å². The van der Waals surface area contributed by atoms with Gasteiger partial charge in [0.15, 0.2) is 5.82 Å². The third-order valence-electron chi connectivity index (χ3n) is 4.35. The van der Waals surface area contributed by atoms with Crippen LogP contribution in [-0.4, -0.2) is 39.5 Å². The van der Waals surface area contributed by atoms with Crippen LogP contribution in [0.1, 0.15) is 56.7 Å². The first-order valence-corrected chi connectivity index (χ1v) is 10.3. The first-order chi connectivity index (χ1) is 10.4. The lowest BCUT2D eigenvalue weighted by molar-refractivity contribution is 0.338. The Morgan fingerprint density at radius 2 is 2.14 bits per heavy atom. The molecule has 2 unspecified atom stereocenters. The van der Waals surface area contributed by atoms with Gasteiger partial charge in [0, 0.05) is 22.8 Å². The molecule has 2 heterocycles. The molecule has 0 bridgehead atoms. The average Bonchev–Trinajstić information content (AvgIpc) is 3.15.